The number of nitrogen functional groups attached to an aromatic ring is 1. The fourth-order valence-electron chi connectivity index (χ4n) is 1.87. The molecule has 0 saturated heterocycles. The Labute approximate surface area is 128 Å². The number of nitrogens with two attached hydrogens (primary N) is 1. The van der Waals surface area contributed by atoms with Gasteiger partial charge >= 0.3 is 0 Å². The zero-order valence-electron chi connectivity index (χ0n) is 11.5. The number of thioether (sulfide) groups is 1. The van der Waals surface area contributed by atoms with Gasteiger partial charge in [-0.25, -0.2) is 15.8 Å². The molecule has 0 amide bonds. The van der Waals surface area contributed by atoms with E-state index in [9.17, 15) is 0 Å². The summed E-state index contributed by atoms with van der Waals surface area (Å²) in [6, 6.07) is 7.75. The second-order valence-electron chi connectivity index (χ2n) is 4.28. The summed E-state index contributed by atoms with van der Waals surface area (Å²) in [4.78, 5) is 10.0. The van der Waals surface area contributed by atoms with E-state index in [-0.39, 0.29) is 0 Å². The van der Waals surface area contributed by atoms with E-state index in [1.165, 1.54) is 0 Å². The van der Waals surface area contributed by atoms with Crippen molar-refractivity contribution < 1.29 is 0 Å². The second-order valence-corrected chi connectivity index (χ2v) is 5.70. The molecule has 0 atom stereocenters. The highest BCUT2D eigenvalue weighted by Crippen LogP contribution is 2.29. The third-order valence-corrected chi connectivity index (χ3v) is 4.47. The van der Waals surface area contributed by atoms with Crippen LogP contribution in [-0.2, 0) is 12.2 Å². The number of hydrogen-bond donors (Lipinski definition) is 2. The lowest BCUT2D eigenvalue weighted by Gasteiger charge is -2.11. The predicted octanol–water partition coefficient (Wildman–Crippen LogP) is 3.58. The molecule has 1 heterocycles. The highest BCUT2D eigenvalue weighted by molar-refractivity contribution is 7.98. The SMILES string of the molecule is CCc1nc(CSc2ccccc2Cl)nc(NN)c1C. The summed E-state index contributed by atoms with van der Waals surface area (Å²) in [5, 5.41) is 0.748. The molecule has 1 aromatic heterocycles. The molecule has 20 heavy (non-hydrogen) atoms. The highest BCUT2D eigenvalue weighted by atomic mass is 35.5. The quantitative estimate of drug-likeness (QED) is 0.502. The van der Waals surface area contributed by atoms with E-state index in [1.807, 2.05) is 31.2 Å². The summed E-state index contributed by atoms with van der Waals surface area (Å²) in [6.07, 6.45) is 0.854. The van der Waals surface area contributed by atoms with Gasteiger partial charge < -0.3 is 5.43 Å². The van der Waals surface area contributed by atoms with Crippen LogP contribution in [0.2, 0.25) is 5.02 Å². The molecule has 0 unspecified atom stereocenters. The van der Waals surface area contributed by atoms with Gasteiger partial charge in [0.25, 0.3) is 0 Å². The van der Waals surface area contributed by atoms with Crippen molar-refractivity contribution in [2.45, 2.75) is 30.9 Å². The van der Waals surface area contributed by atoms with Crippen molar-refractivity contribution in [2.75, 3.05) is 5.43 Å². The van der Waals surface area contributed by atoms with Gasteiger partial charge in [0, 0.05) is 16.2 Å². The number of nitrogens with one attached hydrogen (secondary N) is 1. The fourth-order valence-corrected chi connectivity index (χ4v) is 2.96. The first-order chi connectivity index (χ1) is 9.65. The number of benzene rings is 1. The molecule has 4 nitrogen and oxygen atoms in total. The number of nitrogens with zero attached hydrogens (tertiary/aromatic N) is 2. The van der Waals surface area contributed by atoms with Crippen LogP contribution in [0.4, 0.5) is 5.82 Å². The van der Waals surface area contributed by atoms with Gasteiger partial charge in [-0.2, -0.15) is 0 Å². The van der Waals surface area contributed by atoms with E-state index in [2.05, 4.69) is 22.3 Å². The molecule has 0 aliphatic heterocycles. The van der Waals surface area contributed by atoms with Crippen molar-refractivity contribution >= 4 is 29.2 Å². The minimum Gasteiger partial charge on any atom is -0.308 e. The monoisotopic (exact) mass is 308 g/mol. The van der Waals surface area contributed by atoms with Crippen LogP contribution < -0.4 is 11.3 Å². The zero-order valence-corrected chi connectivity index (χ0v) is 13.1. The molecule has 0 fully saturated rings. The maximum absolute atomic E-state index is 6.14. The molecule has 0 aliphatic carbocycles. The first-order valence-electron chi connectivity index (χ1n) is 6.36. The summed E-state index contributed by atoms with van der Waals surface area (Å²) in [5.74, 6) is 7.61. The first-order valence-corrected chi connectivity index (χ1v) is 7.72. The van der Waals surface area contributed by atoms with Crippen molar-refractivity contribution in [1.82, 2.24) is 9.97 Å². The topological polar surface area (TPSA) is 63.8 Å². The van der Waals surface area contributed by atoms with Gasteiger partial charge in [-0.05, 0) is 25.5 Å². The van der Waals surface area contributed by atoms with Crippen LogP contribution in [0, 0.1) is 6.92 Å². The van der Waals surface area contributed by atoms with Crippen LogP contribution in [0.25, 0.3) is 0 Å². The summed E-state index contributed by atoms with van der Waals surface area (Å²) in [7, 11) is 0. The fraction of sp³-hybridized carbons (Fsp3) is 0.286. The standard InChI is InChI=1S/C14H17ClN4S/c1-3-11-9(2)14(19-16)18-13(17-11)8-20-12-7-5-4-6-10(12)15/h4-7H,3,8,16H2,1-2H3,(H,17,18,19). The van der Waals surface area contributed by atoms with Crippen molar-refractivity contribution in [2.24, 2.45) is 5.84 Å². The van der Waals surface area contributed by atoms with Gasteiger partial charge in [0.05, 0.1) is 10.8 Å². The predicted molar refractivity (Wildman–Crippen MR) is 85.0 cm³/mol. The Morgan fingerprint density at radius 1 is 1.30 bits per heavy atom. The molecule has 0 spiro atoms. The molecule has 2 aromatic rings. The van der Waals surface area contributed by atoms with E-state index in [0.717, 1.165) is 33.4 Å². The number of aryl methyl sites for hydroxylation is 1. The van der Waals surface area contributed by atoms with Crippen molar-refractivity contribution in [3.8, 4) is 0 Å². The minimum absolute atomic E-state index is 0.658. The zero-order chi connectivity index (χ0) is 14.5. The molecule has 6 heteroatoms. The van der Waals surface area contributed by atoms with Crippen LogP contribution in [0.1, 0.15) is 24.0 Å². The molecular formula is C14H17ClN4S. The lowest BCUT2D eigenvalue weighted by molar-refractivity contribution is 0.916. The summed E-state index contributed by atoms with van der Waals surface area (Å²) in [5.41, 5.74) is 4.65. The van der Waals surface area contributed by atoms with Crippen LogP contribution in [-0.4, -0.2) is 9.97 Å². The van der Waals surface area contributed by atoms with E-state index in [1.54, 1.807) is 11.8 Å². The molecule has 1 aromatic carbocycles. The number of halogens is 1. The number of hydrazine groups is 1. The number of hydrogen-bond acceptors (Lipinski definition) is 5. The van der Waals surface area contributed by atoms with Crippen molar-refractivity contribution in [3.63, 3.8) is 0 Å². The van der Waals surface area contributed by atoms with E-state index in [4.69, 9.17) is 17.4 Å². The third kappa shape index (κ3) is 3.42. The second kappa shape index (κ2) is 6.92. The Bertz CT molecular complexity index is 578. The number of aromatic nitrogens is 2. The smallest absolute Gasteiger partial charge is 0.146 e. The minimum atomic E-state index is 0.658. The van der Waals surface area contributed by atoms with Gasteiger partial charge in [0.15, 0.2) is 0 Å². The summed E-state index contributed by atoms with van der Waals surface area (Å²) >= 11 is 7.76. The normalized spacial score (nSPS) is 10.6. The molecule has 2 rings (SSSR count). The maximum atomic E-state index is 6.14. The Morgan fingerprint density at radius 3 is 2.70 bits per heavy atom. The summed E-state index contributed by atoms with van der Waals surface area (Å²) in [6.45, 7) is 4.04. The molecular weight excluding hydrogens is 292 g/mol. The Kier molecular flexibility index (Phi) is 5.23. The average molecular weight is 309 g/mol. The van der Waals surface area contributed by atoms with Gasteiger partial charge in [-0.15, -0.1) is 11.8 Å². The maximum Gasteiger partial charge on any atom is 0.146 e. The lowest BCUT2D eigenvalue weighted by atomic mass is 10.2. The van der Waals surface area contributed by atoms with Crippen LogP contribution in [0.15, 0.2) is 29.2 Å². The Morgan fingerprint density at radius 2 is 2.05 bits per heavy atom. The molecule has 106 valence electrons. The van der Waals surface area contributed by atoms with Crippen LogP contribution >= 0.6 is 23.4 Å². The van der Waals surface area contributed by atoms with Crippen molar-refractivity contribution in [3.05, 3.63) is 46.4 Å². The highest BCUT2D eigenvalue weighted by Gasteiger charge is 2.10. The Hall–Kier alpha value is -1.30. The first kappa shape index (κ1) is 15.1. The lowest BCUT2D eigenvalue weighted by Crippen LogP contribution is -2.14. The third-order valence-electron chi connectivity index (χ3n) is 2.96. The number of rotatable bonds is 5. The molecule has 3 N–H and O–H groups in total. The van der Waals surface area contributed by atoms with Gasteiger partial charge in [-0.3, -0.25) is 0 Å². The van der Waals surface area contributed by atoms with Gasteiger partial charge in [0.1, 0.15) is 11.6 Å². The molecule has 0 radical (unpaired) electrons. The van der Waals surface area contributed by atoms with Crippen LogP contribution in [0.5, 0.6) is 0 Å². The van der Waals surface area contributed by atoms with E-state index >= 15 is 0 Å². The molecule has 0 saturated carbocycles. The van der Waals surface area contributed by atoms with Gasteiger partial charge in [0.2, 0.25) is 0 Å². The van der Waals surface area contributed by atoms with E-state index < -0.39 is 0 Å². The molecule has 0 bridgehead atoms. The van der Waals surface area contributed by atoms with Crippen LogP contribution in [0.3, 0.4) is 0 Å². The molecule has 0 aliphatic rings. The van der Waals surface area contributed by atoms with Crippen molar-refractivity contribution in [1.29, 1.82) is 0 Å². The average Bonchev–Trinajstić information content (AvgIpc) is 2.47. The summed E-state index contributed by atoms with van der Waals surface area (Å²) < 4.78 is 0. The van der Waals surface area contributed by atoms with E-state index in [0.29, 0.717) is 11.6 Å². The van der Waals surface area contributed by atoms with Gasteiger partial charge in [-0.1, -0.05) is 30.7 Å². The largest absolute Gasteiger partial charge is 0.308 e. The number of anilines is 1. The Balaban J connectivity index is 2.19.